The van der Waals surface area contributed by atoms with Crippen LogP contribution in [0.25, 0.3) is 0 Å². The number of aliphatic hydroxyl groups is 1. The van der Waals surface area contributed by atoms with Crippen LogP contribution in [0.3, 0.4) is 0 Å². The van der Waals surface area contributed by atoms with Crippen LogP contribution in [-0.4, -0.2) is 24.5 Å². The smallest absolute Gasteiger partial charge is 0.106 e. The molecule has 3 aliphatic rings. The van der Waals surface area contributed by atoms with E-state index in [1.807, 2.05) is 0 Å². The van der Waals surface area contributed by atoms with Crippen molar-refractivity contribution in [3.8, 4) is 0 Å². The first-order valence-corrected chi connectivity index (χ1v) is 4.84. The van der Waals surface area contributed by atoms with E-state index in [-0.39, 0.29) is 12.5 Å². The van der Waals surface area contributed by atoms with E-state index in [2.05, 4.69) is 19.0 Å². The maximum absolute atomic E-state index is 9.26. The van der Waals surface area contributed by atoms with Crippen LogP contribution < -0.4 is 0 Å². The van der Waals surface area contributed by atoms with Gasteiger partial charge in [-0.15, -0.1) is 0 Å². The van der Waals surface area contributed by atoms with Crippen molar-refractivity contribution >= 4 is 5.71 Å². The SMILES string of the molecule is CON=C1C(CO)C2CC1C2(C)C. The van der Waals surface area contributed by atoms with E-state index >= 15 is 0 Å². The molecule has 0 radical (unpaired) electrons. The molecular weight excluding hydrogens is 166 g/mol. The zero-order valence-electron chi connectivity index (χ0n) is 8.45. The van der Waals surface area contributed by atoms with Gasteiger partial charge in [0, 0.05) is 11.8 Å². The van der Waals surface area contributed by atoms with Crippen LogP contribution in [0.15, 0.2) is 5.16 Å². The Morgan fingerprint density at radius 2 is 2.31 bits per heavy atom. The number of fused-ring (bicyclic) bond motifs is 1. The summed E-state index contributed by atoms with van der Waals surface area (Å²) in [6.07, 6.45) is 1.18. The molecule has 3 aliphatic carbocycles. The van der Waals surface area contributed by atoms with Crippen LogP contribution in [0.2, 0.25) is 0 Å². The minimum absolute atomic E-state index is 0.215. The highest BCUT2D eigenvalue weighted by Gasteiger charge is 2.62. The molecule has 0 spiro atoms. The number of aliphatic hydroxyl groups excluding tert-OH is 1. The second-order valence-electron chi connectivity index (χ2n) is 4.70. The van der Waals surface area contributed by atoms with Crippen molar-refractivity contribution in [2.75, 3.05) is 13.7 Å². The molecule has 74 valence electrons. The molecule has 0 amide bonds. The summed E-state index contributed by atoms with van der Waals surface area (Å²) in [6, 6.07) is 0. The lowest BCUT2D eigenvalue weighted by atomic mass is 9.60. The number of hydrogen-bond acceptors (Lipinski definition) is 3. The summed E-state index contributed by atoms with van der Waals surface area (Å²) in [7, 11) is 1.57. The fourth-order valence-electron chi connectivity index (χ4n) is 3.07. The summed E-state index contributed by atoms with van der Waals surface area (Å²) in [4.78, 5) is 4.83. The minimum Gasteiger partial charge on any atom is -0.399 e. The van der Waals surface area contributed by atoms with Gasteiger partial charge in [0.25, 0.3) is 0 Å². The van der Waals surface area contributed by atoms with Crippen molar-refractivity contribution in [1.29, 1.82) is 0 Å². The van der Waals surface area contributed by atoms with Crippen molar-refractivity contribution < 1.29 is 9.94 Å². The molecule has 3 atom stereocenters. The van der Waals surface area contributed by atoms with E-state index in [0.29, 0.717) is 17.3 Å². The quantitative estimate of drug-likeness (QED) is 0.655. The molecule has 0 aromatic carbocycles. The predicted octanol–water partition coefficient (Wildman–Crippen LogP) is 1.27. The maximum Gasteiger partial charge on any atom is 0.106 e. The highest BCUT2D eigenvalue weighted by molar-refractivity contribution is 5.94. The van der Waals surface area contributed by atoms with Crippen molar-refractivity contribution in [1.82, 2.24) is 0 Å². The number of oxime groups is 1. The van der Waals surface area contributed by atoms with E-state index in [1.165, 1.54) is 6.42 Å². The Balaban J connectivity index is 2.26. The molecule has 3 nitrogen and oxygen atoms in total. The molecule has 0 saturated heterocycles. The lowest BCUT2D eigenvalue weighted by Crippen LogP contribution is -2.39. The second-order valence-corrected chi connectivity index (χ2v) is 4.70. The average molecular weight is 183 g/mol. The van der Waals surface area contributed by atoms with Gasteiger partial charge >= 0.3 is 0 Å². The van der Waals surface area contributed by atoms with Crippen LogP contribution in [0.4, 0.5) is 0 Å². The Labute approximate surface area is 78.8 Å². The summed E-state index contributed by atoms with van der Waals surface area (Å²) in [5, 5.41) is 13.3. The Bertz CT molecular complexity index is 247. The molecule has 1 N–H and O–H groups in total. The van der Waals surface area contributed by atoms with Gasteiger partial charge in [-0.05, 0) is 17.8 Å². The van der Waals surface area contributed by atoms with Gasteiger partial charge in [0.2, 0.25) is 0 Å². The third-order valence-corrected chi connectivity index (χ3v) is 3.96. The summed E-state index contributed by atoms with van der Waals surface area (Å²) in [6.45, 7) is 4.73. The first-order chi connectivity index (χ1) is 6.12. The molecule has 3 fully saturated rings. The highest BCUT2D eigenvalue weighted by Crippen LogP contribution is 2.62. The molecule has 0 heterocycles. The van der Waals surface area contributed by atoms with Gasteiger partial charge in [0.05, 0.1) is 12.3 Å². The minimum atomic E-state index is 0.215. The van der Waals surface area contributed by atoms with E-state index in [4.69, 9.17) is 4.84 Å². The molecule has 3 saturated carbocycles. The summed E-state index contributed by atoms with van der Waals surface area (Å²) in [5.74, 6) is 1.39. The van der Waals surface area contributed by atoms with Crippen LogP contribution in [0.1, 0.15) is 20.3 Å². The van der Waals surface area contributed by atoms with Gasteiger partial charge < -0.3 is 9.94 Å². The molecule has 3 unspecified atom stereocenters. The van der Waals surface area contributed by atoms with Gasteiger partial charge in [-0.2, -0.15) is 0 Å². The largest absolute Gasteiger partial charge is 0.399 e. The molecule has 13 heavy (non-hydrogen) atoms. The summed E-state index contributed by atoms with van der Waals surface area (Å²) in [5.41, 5.74) is 1.41. The fourth-order valence-corrected chi connectivity index (χ4v) is 3.07. The van der Waals surface area contributed by atoms with Gasteiger partial charge in [0.1, 0.15) is 7.11 Å². The zero-order valence-corrected chi connectivity index (χ0v) is 8.45. The third-order valence-electron chi connectivity index (χ3n) is 3.96. The summed E-state index contributed by atoms with van der Waals surface area (Å²) < 4.78 is 0. The van der Waals surface area contributed by atoms with Gasteiger partial charge in [-0.3, -0.25) is 0 Å². The monoisotopic (exact) mass is 183 g/mol. The van der Waals surface area contributed by atoms with E-state index in [0.717, 1.165) is 5.71 Å². The fraction of sp³-hybridized carbons (Fsp3) is 0.900. The molecule has 3 rings (SSSR count). The normalized spacial score (nSPS) is 43.4. The standard InChI is InChI=1S/C10H17NO2/c1-10(2)7-4-8(10)9(11-13-3)6(7)5-12/h6-8,12H,4-5H2,1-3H3. The topological polar surface area (TPSA) is 41.8 Å². The predicted molar refractivity (Wildman–Crippen MR) is 50.4 cm³/mol. The van der Waals surface area contributed by atoms with Crippen molar-refractivity contribution in [3.63, 3.8) is 0 Å². The number of hydrogen-bond donors (Lipinski definition) is 1. The van der Waals surface area contributed by atoms with E-state index in [9.17, 15) is 5.11 Å². The van der Waals surface area contributed by atoms with Crippen molar-refractivity contribution in [2.45, 2.75) is 20.3 Å². The summed E-state index contributed by atoms with van der Waals surface area (Å²) >= 11 is 0. The van der Waals surface area contributed by atoms with Gasteiger partial charge in [0.15, 0.2) is 0 Å². The molecule has 0 aliphatic heterocycles. The van der Waals surface area contributed by atoms with E-state index in [1.54, 1.807) is 7.11 Å². The zero-order chi connectivity index (χ0) is 9.64. The maximum atomic E-state index is 9.26. The van der Waals surface area contributed by atoms with E-state index < -0.39 is 0 Å². The third kappa shape index (κ3) is 0.966. The first kappa shape index (κ1) is 9.00. The Kier molecular flexibility index (Phi) is 1.88. The van der Waals surface area contributed by atoms with Crippen LogP contribution >= 0.6 is 0 Å². The van der Waals surface area contributed by atoms with Crippen molar-refractivity contribution in [3.05, 3.63) is 0 Å². The average Bonchev–Trinajstić information content (AvgIpc) is 2.55. The van der Waals surface area contributed by atoms with Crippen LogP contribution in [-0.2, 0) is 4.84 Å². The lowest BCUT2D eigenvalue weighted by Gasteiger charge is -2.44. The molecule has 2 bridgehead atoms. The molecule has 3 heteroatoms. The molecule has 0 aromatic heterocycles. The number of rotatable bonds is 2. The lowest BCUT2D eigenvalue weighted by molar-refractivity contribution is 0.0324. The highest BCUT2D eigenvalue weighted by atomic mass is 16.6. The second kappa shape index (κ2) is 2.71. The molecular formula is C10H17NO2. The molecule has 0 aromatic rings. The Morgan fingerprint density at radius 1 is 1.62 bits per heavy atom. The first-order valence-electron chi connectivity index (χ1n) is 4.84. The number of nitrogens with zero attached hydrogens (tertiary/aromatic N) is 1. The Hall–Kier alpha value is -0.570. The van der Waals surface area contributed by atoms with Gasteiger partial charge in [-0.1, -0.05) is 19.0 Å². The van der Waals surface area contributed by atoms with Crippen LogP contribution in [0, 0.1) is 23.2 Å². The van der Waals surface area contributed by atoms with Crippen molar-refractivity contribution in [2.24, 2.45) is 28.3 Å². The van der Waals surface area contributed by atoms with Crippen LogP contribution in [0.5, 0.6) is 0 Å². The van der Waals surface area contributed by atoms with Gasteiger partial charge in [-0.25, -0.2) is 0 Å². The Morgan fingerprint density at radius 3 is 2.77 bits per heavy atom.